The highest BCUT2D eigenvalue weighted by molar-refractivity contribution is 5.86. The Labute approximate surface area is 102 Å². The largest absolute Gasteiger partial charge is 0.297 e. The third-order valence-corrected chi connectivity index (χ3v) is 3.36. The smallest absolute Gasteiger partial charge is 0.0276 e. The van der Waals surface area contributed by atoms with Crippen LogP contribution in [0.25, 0.3) is 0 Å². The first-order chi connectivity index (χ1) is 7.49. The number of unbranched alkanes of at least 4 members (excludes halogenated alkanes) is 2. The van der Waals surface area contributed by atoms with Gasteiger partial charge in [0.25, 0.3) is 0 Å². The molecule has 0 aliphatic rings. The van der Waals surface area contributed by atoms with E-state index in [1.165, 1.54) is 37.0 Å². The summed E-state index contributed by atoms with van der Waals surface area (Å²) < 4.78 is 0. The highest BCUT2D eigenvalue weighted by Gasteiger charge is 2.06. The lowest BCUT2D eigenvalue weighted by atomic mass is 9.96. The predicted octanol–water partition coefficient (Wildman–Crippen LogP) is 4.88. The molecule has 1 unspecified atom stereocenters. The molecule has 0 saturated heterocycles. The molecule has 0 aliphatic carbocycles. The van der Waals surface area contributed by atoms with Gasteiger partial charge in [-0.2, -0.15) is 0 Å². The van der Waals surface area contributed by atoms with Crippen molar-refractivity contribution >= 4 is 5.71 Å². The quantitative estimate of drug-likeness (QED) is 0.331. The molecule has 0 aromatic carbocycles. The van der Waals surface area contributed by atoms with Crippen LogP contribution in [-0.4, -0.2) is 12.8 Å². The zero-order valence-electron chi connectivity index (χ0n) is 12.0. The van der Waals surface area contributed by atoms with Gasteiger partial charge in [-0.15, -0.1) is 0 Å². The van der Waals surface area contributed by atoms with Crippen LogP contribution in [-0.2, 0) is 0 Å². The van der Waals surface area contributed by atoms with Crippen LogP contribution in [0, 0.1) is 11.8 Å². The van der Waals surface area contributed by atoms with E-state index in [1.54, 1.807) is 0 Å². The van der Waals surface area contributed by atoms with E-state index in [4.69, 9.17) is 0 Å². The summed E-state index contributed by atoms with van der Waals surface area (Å²) in [6.45, 7) is 11.2. The second kappa shape index (κ2) is 8.55. The first-order valence-electron chi connectivity index (χ1n) is 6.59. The zero-order valence-corrected chi connectivity index (χ0v) is 12.0. The van der Waals surface area contributed by atoms with Crippen molar-refractivity contribution in [2.75, 3.05) is 7.05 Å². The van der Waals surface area contributed by atoms with Gasteiger partial charge in [0.05, 0.1) is 0 Å². The van der Waals surface area contributed by atoms with Gasteiger partial charge < -0.3 is 0 Å². The molecule has 0 N–H and O–H groups in total. The van der Waals surface area contributed by atoms with Crippen LogP contribution in [0.4, 0.5) is 0 Å². The number of hydrogen-bond donors (Lipinski definition) is 0. The number of hydrogen-bond acceptors (Lipinski definition) is 1. The van der Waals surface area contributed by atoms with Crippen molar-refractivity contribution in [1.82, 2.24) is 0 Å². The lowest BCUT2D eigenvalue weighted by molar-refractivity contribution is 0.540. The summed E-state index contributed by atoms with van der Waals surface area (Å²) in [5, 5.41) is 0. The molecule has 0 spiro atoms. The fraction of sp³-hybridized carbons (Fsp3) is 0.800. The summed E-state index contributed by atoms with van der Waals surface area (Å²) in [5.41, 5.74) is 2.70. The van der Waals surface area contributed by atoms with Gasteiger partial charge in [0.15, 0.2) is 0 Å². The Balaban J connectivity index is 3.87. The van der Waals surface area contributed by atoms with E-state index in [-0.39, 0.29) is 0 Å². The van der Waals surface area contributed by atoms with Crippen LogP contribution in [0.2, 0.25) is 0 Å². The minimum Gasteiger partial charge on any atom is -0.297 e. The van der Waals surface area contributed by atoms with Crippen LogP contribution < -0.4 is 0 Å². The maximum Gasteiger partial charge on any atom is 0.0276 e. The van der Waals surface area contributed by atoms with Crippen molar-refractivity contribution in [3.8, 4) is 0 Å². The normalized spacial score (nSPS) is 15.7. The molecule has 0 rings (SSSR count). The van der Waals surface area contributed by atoms with E-state index in [9.17, 15) is 0 Å². The number of allylic oxidation sites excluding steroid dienone is 2. The summed E-state index contributed by atoms with van der Waals surface area (Å²) in [6.07, 6.45) is 7.65. The molecule has 0 bridgehead atoms. The molecule has 0 aromatic rings. The van der Waals surface area contributed by atoms with Crippen molar-refractivity contribution in [3.05, 3.63) is 11.6 Å². The van der Waals surface area contributed by atoms with Gasteiger partial charge in [-0.1, -0.05) is 45.3 Å². The second-order valence-electron chi connectivity index (χ2n) is 5.21. The highest BCUT2D eigenvalue weighted by atomic mass is 14.7. The van der Waals surface area contributed by atoms with Gasteiger partial charge in [-0.3, -0.25) is 4.99 Å². The van der Waals surface area contributed by atoms with E-state index in [2.05, 4.69) is 45.7 Å². The molecule has 94 valence electrons. The summed E-state index contributed by atoms with van der Waals surface area (Å²) in [6, 6.07) is 0. The van der Waals surface area contributed by atoms with Gasteiger partial charge in [-0.25, -0.2) is 0 Å². The molecule has 1 nitrogen and oxygen atoms in total. The summed E-state index contributed by atoms with van der Waals surface area (Å²) in [4.78, 5) is 4.25. The van der Waals surface area contributed by atoms with E-state index in [1.807, 2.05) is 7.05 Å². The molecule has 1 atom stereocenters. The highest BCUT2D eigenvalue weighted by Crippen LogP contribution is 2.15. The fourth-order valence-corrected chi connectivity index (χ4v) is 1.73. The van der Waals surface area contributed by atoms with Crippen molar-refractivity contribution < 1.29 is 0 Å². The maximum absolute atomic E-state index is 4.25. The number of rotatable bonds is 7. The van der Waals surface area contributed by atoms with Gasteiger partial charge in [0.2, 0.25) is 0 Å². The summed E-state index contributed by atoms with van der Waals surface area (Å²) in [7, 11) is 1.88. The topological polar surface area (TPSA) is 12.4 Å². The first kappa shape index (κ1) is 15.4. The third kappa shape index (κ3) is 6.81. The van der Waals surface area contributed by atoms with Crippen LogP contribution >= 0.6 is 0 Å². The molecule has 0 aromatic heterocycles. The second-order valence-corrected chi connectivity index (χ2v) is 5.21. The maximum atomic E-state index is 4.25. The van der Waals surface area contributed by atoms with Gasteiger partial charge in [-0.05, 0) is 32.6 Å². The molecule has 0 fully saturated rings. The molecular formula is C15H29N. The average Bonchev–Trinajstić information content (AvgIpc) is 2.25. The summed E-state index contributed by atoms with van der Waals surface area (Å²) >= 11 is 0. The van der Waals surface area contributed by atoms with Crippen LogP contribution in [0.5, 0.6) is 0 Å². The molecule has 0 amide bonds. The minimum atomic E-state index is 0.509. The Morgan fingerprint density at radius 1 is 1.12 bits per heavy atom. The Kier molecular flexibility index (Phi) is 8.23. The van der Waals surface area contributed by atoms with Crippen molar-refractivity contribution in [2.24, 2.45) is 16.8 Å². The Bertz CT molecular complexity index is 236. The predicted molar refractivity (Wildman–Crippen MR) is 75.3 cm³/mol. The van der Waals surface area contributed by atoms with Gasteiger partial charge in [0, 0.05) is 18.7 Å². The minimum absolute atomic E-state index is 0.509. The summed E-state index contributed by atoms with van der Waals surface area (Å²) in [5.74, 6) is 1.36. The molecule has 1 heteroatoms. The van der Waals surface area contributed by atoms with Crippen molar-refractivity contribution in [2.45, 2.75) is 60.3 Å². The van der Waals surface area contributed by atoms with E-state index < -0.39 is 0 Å². The third-order valence-electron chi connectivity index (χ3n) is 3.36. The Hall–Kier alpha value is -0.590. The number of nitrogens with zero attached hydrogens (tertiary/aromatic N) is 1. The molecule has 0 saturated carbocycles. The van der Waals surface area contributed by atoms with Crippen LogP contribution in [0.1, 0.15) is 60.3 Å². The van der Waals surface area contributed by atoms with E-state index in [0.29, 0.717) is 5.92 Å². The number of aliphatic imine (C=N–C) groups is 1. The van der Waals surface area contributed by atoms with Gasteiger partial charge in [0.1, 0.15) is 0 Å². The van der Waals surface area contributed by atoms with Gasteiger partial charge >= 0.3 is 0 Å². The van der Waals surface area contributed by atoms with Crippen molar-refractivity contribution in [3.63, 3.8) is 0 Å². The van der Waals surface area contributed by atoms with E-state index >= 15 is 0 Å². The molecule has 16 heavy (non-hydrogen) atoms. The Morgan fingerprint density at radius 3 is 2.25 bits per heavy atom. The zero-order chi connectivity index (χ0) is 12.6. The van der Waals surface area contributed by atoms with Crippen LogP contribution in [0.3, 0.4) is 0 Å². The molecule has 0 aliphatic heterocycles. The fourth-order valence-electron chi connectivity index (χ4n) is 1.73. The Morgan fingerprint density at radius 2 is 1.75 bits per heavy atom. The first-order valence-corrected chi connectivity index (χ1v) is 6.59. The monoisotopic (exact) mass is 223 g/mol. The lowest BCUT2D eigenvalue weighted by Gasteiger charge is -2.11. The van der Waals surface area contributed by atoms with Crippen molar-refractivity contribution in [1.29, 1.82) is 0 Å². The average molecular weight is 223 g/mol. The lowest BCUT2D eigenvalue weighted by Crippen LogP contribution is -2.08. The van der Waals surface area contributed by atoms with Crippen LogP contribution in [0.15, 0.2) is 16.6 Å². The SMILES string of the molecule is CN=C(C)C(C)/C(C)=C\CCCCC(C)C. The molecular weight excluding hydrogens is 194 g/mol. The molecule has 0 heterocycles. The standard InChI is InChI=1S/C15H29N/c1-12(2)10-8-7-9-11-13(3)14(4)15(5)16-6/h11-12,14H,7-10H2,1-6H3/b13-11-,16-15?. The molecule has 0 radical (unpaired) electrons. The van der Waals surface area contributed by atoms with E-state index in [0.717, 1.165) is 5.92 Å².